The molecule has 0 spiro atoms. The van der Waals surface area contributed by atoms with E-state index in [2.05, 4.69) is 20.2 Å². The van der Waals surface area contributed by atoms with Crippen LogP contribution in [0.3, 0.4) is 0 Å². The number of halogens is 1. The van der Waals surface area contributed by atoms with Crippen LogP contribution in [0.1, 0.15) is 0 Å². The molecule has 4 nitrogen and oxygen atoms in total. The summed E-state index contributed by atoms with van der Waals surface area (Å²) in [7, 11) is 0. The first-order chi connectivity index (χ1) is 10.8. The summed E-state index contributed by atoms with van der Waals surface area (Å²) < 4.78 is 13.9. The molecular weight excluding hydrogens is 279 g/mol. The minimum absolute atomic E-state index is 0.319. The summed E-state index contributed by atoms with van der Waals surface area (Å²) in [5.41, 5.74) is 3.80. The van der Waals surface area contributed by atoms with Gasteiger partial charge in [-0.05, 0) is 12.1 Å². The number of rotatable bonds is 2. The number of benzene rings is 2. The smallest absolute Gasteiger partial charge is 0.200 e. The third-order valence-corrected chi connectivity index (χ3v) is 3.48. The van der Waals surface area contributed by atoms with Gasteiger partial charge in [0, 0.05) is 11.1 Å². The third-order valence-electron chi connectivity index (χ3n) is 3.48. The lowest BCUT2D eigenvalue weighted by Crippen LogP contribution is -1.90. The van der Waals surface area contributed by atoms with Gasteiger partial charge in [0.1, 0.15) is 11.3 Å². The van der Waals surface area contributed by atoms with Crippen molar-refractivity contribution in [3.8, 4) is 22.5 Å². The Bertz CT molecular complexity index is 947. The average Bonchev–Trinajstić information content (AvgIpc) is 2.99. The molecule has 0 radical (unpaired) electrons. The number of fused-ring (bicyclic) bond motifs is 1. The molecule has 0 unspecified atom stereocenters. The number of hydrogen-bond acceptors (Lipinski definition) is 3. The molecule has 106 valence electrons. The topological polar surface area (TPSA) is 54.5 Å². The Morgan fingerprint density at radius 2 is 1.68 bits per heavy atom. The monoisotopic (exact) mass is 290 g/mol. The van der Waals surface area contributed by atoms with Crippen LogP contribution in [-0.2, 0) is 0 Å². The number of aromatic nitrogens is 4. The zero-order valence-corrected chi connectivity index (χ0v) is 11.5. The van der Waals surface area contributed by atoms with Gasteiger partial charge in [-0.2, -0.15) is 5.10 Å². The molecule has 1 N–H and O–H groups in total. The predicted octanol–water partition coefficient (Wildman–Crippen LogP) is 3.83. The standard InChI is InChI=1S/C17H11FN4/c18-13-9-5-4-8-12(13)14-10-19-17-16(20-14)15(21-22-17)11-6-2-1-3-7-11/h1-10H,(H,19,21,22). The van der Waals surface area contributed by atoms with E-state index in [0.29, 0.717) is 22.4 Å². The fourth-order valence-corrected chi connectivity index (χ4v) is 2.40. The minimum Gasteiger partial charge on any atom is -0.273 e. The highest BCUT2D eigenvalue weighted by Crippen LogP contribution is 2.27. The first kappa shape index (κ1) is 12.6. The van der Waals surface area contributed by atoms with Crippen molar-refractivity contribution in [1.82, 2.24) is 20.2 Å². The molecule has 0 atom stereocenters. The molecule has 0 saturated heterocycles. The third kappa shape index (κ3) is 2.03. The largest absolute Gasteiger partial charge is 0.273 e. The summed E-state index contributed by atoms with van der Waals surface area (Å²) in [4.78, 5) is 8.82. The van der Waals surface area contributed by atoms with E-state index in [0.717, 1.165) is 11.3 Å². The van der Waals surface area contributed by atoms with Crippen LogP contribution in [0, 0.1) is 5.82 Å². The Kier molecular flexibility index (Phi) is 2.89. The van der Waals surface area contributed by atoms with E-state index in [9.17, 15) is 4.39 Å². The molecule has 0 amide bonds. The van der Waals surface area contributed by atoms with Gasteiger partial charge in [-0.15, -0.1) is 0 Å². The fourth-order valence-electron chi connectivity index (χ4n) is 2.40. The van der Waals surface area contributed by atoms with Gasteiger partial charge < -0.3 is 0 Å². The molecule has 0 aliphatic heterocycles. The lowest BCUT2D eigenvalue weighted by Gasteiger charge is -2.02. The summed E-state index contributed by atoms with van der Waals surface area (Å²) in [6.45, 7) is 0. The van der Waals surface area contributed by atoms with Gasteiger partial charge in [0.05, 0.1) is 17.6 Å². The van der Waals surface area contributed by atoms with Crippen LogP contribution in [0.15, 0.2) is 60.8 Å². The Hall–Kier alpha value is -3.08. The van der Waals surface area contributed by atoms with Crippen molar-refractivity contribution in [2.24, 2.45) is 0 Å². The highest BCUT2D eigenvalue weighted by Gasteiger charge is 2.13. The highest BCUT2D eigenvalue weighted by molar-refractivity contribution is 5.88. The van der Waals surface area contributed by atoms with Gasteiger partial charge in [0.15, 0.2) is 5.65 Å². The lowest BCUT2D eigenvalue weighted by molar-refractivity contribution is 0.630. The lowest BCUT2D eigenvalue weighted by atomic mass is 10.1. The molecule has 22 heavy (non-hydrogen) atoms. The minimum atomic E-state index is -0.319. The molecule has 2 aromatic carbocycles. The quantitative estimate of drug-likeness (QED) is 0.610. The van der Waals surface area contributed by atoms with E-state index >= 15 is 0 Å². The Morgan fingerprint density at radius 3 is 2.50 bits per heavy atom. The molecule has 5 heteroatoms. The van der Waals surface area contributed by atoms with Gasteiger partial charge in [0.25, 0.3) is 0 Å². The Balaban J connectivity index is 1.92. The molecular formula is C17H11FN4. The molecule has 0 aliphatic carbocycles. The van der Waals surface area contributed by atoms with Crippen molar-refractivity contribution < 1.29 is 4.39 Å². The van der Waals surface area contributed by atoms with Crippen LogP contribution in [0.2, 0.25) is 0 Å². The van der Waals surface area contributed by atoms with Crippen LogP contribution in [0.25, 0.3) is 33.7 Å². The normalized spacial score (nSPS) is 11.0. The zero-order chi connectivity index (χ0) is 14.9. The van der Waals surface area contributed by atoms with Crippen LogP contribution in [0.5, 0.6) is 0 Å². The molecule has 0 saturated carbocycles. The van der Waals surface area contributed by atoms with Gasteiger partial charge in [-0.25, -0.2) is 14.4 Å². The molecule has 4 rings (SSSR count). The van der Waals surface area contributed by atoms with E-state index in [4.69, 9.17) is 0 Å². The number of hydrogen-bond donors (Lipinski definition) is 1. The molecule has 2 heterocycles. The fraction of sp³-hybridized carbons (Fsp3) is 0. The maximum absolute atomic E-state index is 13.9. The maximum Gasteiger partial charge on any atom is 0.200 e. The van der Waals surface area contributed by atoms with Crippen molar-refractivity contribution in [3.05, 3.63) is 66.6 Å². The molecule has 2 aromatic heterocycles. The van der Waals surface area contributed by atoms with Crippen LogP contribution in [0.4, 0.5) is 4.39 Å². The summed E-state index contributed by atoms with van der Waals surface area (Å²) in [5, 5.41) is 7.11. The van der Waals surface area contributed by atoms with E-state index in [-0.39, 0.29) is 5.82 Å². The molecule has 0 bridgehead atoms. The molecule has 4 aromatic rings. The van der Waals surface area contributed by atoms with Crippen LogP contribution in [-0.4, -0.2) is 20.2 Å². The van der Waals surface area contributed by atoms with Crippen molar-refractivity contribution in [2.45, 2.75) is 0 Å². The first-order valence-electron chi connectivity index (χ1n) is 6.84. The van der Waals surface area contributed by atoms with Crippen molar-refractivity contribution in [3.63, 3.8) is 0 Å². The second kappa shape index (κ2) is 5.04. The van der Waals surface area contributed by atoms with Crippen molar-refractivity contribution in [2.75, 3.05) is 0 Å². The van der Waals surface area contributed by atoms with Crippen molar-refractivity contribution in [1.29, 1.82) is 0 Å². The van der Waals surface area contributed by atoms with Crippen LogP contribution >= 0.6 is 0 Å². The first-order valence-corrected chi connectivity index (χ1v) is 6.84. The zero-order valence-electron chi connectivity index (χ0n) is 11.5. The Morgan fingerprint density at radius 1 is 0.909 bits per heavy atom. The van der Waals surface area contributed by atoms with E-state index in [1.54, 1.807) is 18.2 Å². The van der Waals surface area contributed by atoms with Gasteiger partial charge >= 0.3 is 0 Å². The number of aromatic amines is 1. The maximum atomic E-state index is 13.9. The van der Waals surface area contributed by atoms with Crippen LogP contribution < -0.4 is 0 Å². The van der Waals surface area contributed by atoms with E-state index in [1.165, 1.54) is 12.3 Å². The van der Waals surface area contributed by atoms with Gasteiger partial charge in [0.2, 0.25) is 0 Å². The highest BCUT2D eigenvalue weighted by atomic mass is 19.1. The summed E-state index contributed by atoms with van der Waals surface area (Å²) in [6, 6.07) is 16.3. The van der Waals surface area contributed by atoms with E-state index < -0.39 is 0 Å². The van der Waals surface area contributed by atoms with Crippen molar-refractivity contribution >= 4 is 11.2 Å². The number of H-pyrrole nitrogens is 1. The Labute approximate surface area is 125 Å². The average molecular weight is 290 g/mol. The number of nitrogens with zero attached hydrogens (tertiary/aromatic N) is 3. The summed E-state index contributed by atoms with van der Waals surface area (Å²) in [6.07, 6.45) is 1.54. The SMILES string of the molecule is Fc1ccccc1-c1cnc2n[nH]c(-c3ccccc3)c2n1. The number of nitrogens with one attached hydrogen (secondary N) is 1. The molecule has 0 fully saturated rings. The molecule has 0 aliphatic rings. The van der Waals surface area contributed by atoms with Gasteiger partial charge in [-0.1, -0.05) is 42.5 Å². The van der Waals surface area contributed by atoms with Gasteiger partial charge in [-0.3, -0.25) is 5.10 Å². The summed E-state index contributed by atoms with van der Waals surface area (Å²) in [5.74, 6) is -0.319. The second-order valence-electron chi connectivity index (χ2n) is 4.87. The second-order valence-corrected chi connectivity index (χ2v) is 4.87. The predicted molar refractivity (Wildman–Crippen MR) is 82.5 cm³/mol. The van der Waals surface area contributed by atoms with E-state index in [1.807, 2.05) is 30.3 Å². The summed E-state index contributed by atoms with van der Waals surface area (Å²) >= 11 is 0.